The molecule has 150 valence electrons. The molecule has 0 fully saturated rings. The maximum Gasteiger partial charge on any atom is 0.191 e. The summed E-state index contributed by atoms with van der Waals surface area (Å²) in [4.78, 5) is 4.47. The van der Waals surface area contributed by atoms with Crippen LogP contribution in [-0.4, -0.2) is 40.3 Å². The van der Waals surface area contributed by atoms with E-state index in [1.165, 1.54) is 6.07 Å². The van der Waals surface area contributed by atoms with Crippen LogP contribution < -0.4 is 15.4 Å². The van der Waals surface area contributed by atoms with Gasteiger partial charge in [-0.05, 0) is 31.2 Å². The van der Waals surface area contributed by atoms with E-state index in [4.69, 9.17) is 4.74 Å². The van der Waals surface area contributed by atoms with Crippen LogP contribution >= 0.6 is 24.0 Å². The van der Waals surface area contributed by atoms with Crippen LogP contribution in [0.25, 0.3) is 5.65 Å². The zero-order chi connectivity index (χ0) is 19.1. The average Bonchev–Trinajstić information content (AvgIpc) is 3.08. The van der Waals surface area contributed by atoms with Crippen molar-refractivity contribution in [3.63, 3.8) is 0 Å². The van der Waals surface area contributed by atoms with E-state index in [1.807, 2.05) is 35.7 Å². The molecular formula is C18H21F2IN6O. The summed E-state index contributed by atoms with van der Waals surface area (Å²) < 4.78 is 33.6. The number of aliphatic imine (C=N–C) groups is 1. The van der Waals surface area contributed by atoms with E-state index in [2.05, 4.69) is 25.8 Å². The highest BCUT2D eigenvalue weighted by Gasteiger charge is 2.06. The highest BCUT2D eigenvalue weighted by molar-refractivity contribution is 14.0. The molecule has 0 aliphatic carbocycles. The number of halogens is 3. The topological polar surface area (TPSA) is 75.8 Å². The monoisotopic (exact) mass is 502 g/mol. The Labute approximate surface area is 178 Å². The fraction of sp³-hybridized carbons (Fsp3) is 0.278. The predicted octanol–water partition coefficient (Wildman–Crippen LogP) is 2.76. The quantitative estimate of drug-likeness (QED) is 0.225. The van der Waals surface area contributed by atoms with Crippen LogP contribution in [0.3, 0.4) is 0 Å². The van der Waals surface area contributed by atoms with Gasteiger partial charge in [0.1, 0.15) is 19.0 Å². The molecule has 0 amide bonds. The molecule has 2 N–H and O–H groups in total. The summed E-state index contributed by atoms with van der Waals surface area (Å²) in [6.07, 6.45) is 1.88. The van der Waals surface area contributed by atoms with Crippen molar-refractivity contribution in [2.75, 3.05) is 19.7 Å². The third-order valence-electron chi connectivity index (χ3n) is 3.65. The SMILES string of the molecule is CCNC(=NCc1nnc2ccccn12)NCCOc1ccc(F)cc1F.I. The van der Waals surface area contributed by atoms with Crippen LogP contribution in [0.4, 0.5) is 8.78 Å². The summed E-state index contributed by atoms with van der Waals surface area (Å²) in [5, 5.41) is 14.4. The number of aromatic nitrogens is 3. The summed E-state index contributed by atoms with van der Waals surface area (Å²) in [6.45, 7) is 3.56. The normalized spacial score (nSPS) is 11.2. The molecule has 7 nitrogen and oxygen atoms in total. The Morgan fingerprint density at radius 3 is 2.82 bits per heavy atom. The van der Waals surface area contributed by atoms with E-state index in [0.29, 0.717) is 31.4 Å². The van der Waals surface area contributed by atoms with Crippen molar-refractivity contribution in [2.24, 2.45) is 4.99 Å². The van der Waals surface area contributed by atoms with Crippen LogP contribution in [0.15, 0.2) is 47.6 Å². The number of fused-ring (bicyclic) bond motifs is 1. The lowest BCUT2D eigenvalue weighted by Crippen LogP contribution is -2.39. The highest BCUT2D eigenvalue weighted by atomic mass is 127. The van der Waals surface area contributed by atoms with Crippen LogP contribution in [0.5, 0.6) is 5.75 Å². The number of ether oxygens (including phenoxy) is 1. The number of nitrogens with zero attached hydrogens (tertiary/aromatic N) is 4. The van der Waals surface area contributed by atoms with Gasteiger partial charge in [0.05, 0.1) is 6.54 Å². The van der Waals surface area contributed by atoms with Crippen molar-refractivity contribution in [3.8, 4) is 5.75 Å². The minimum atomic E-state index is -0.728. The van der Waals surface area contributed by atoms with Crippen molar-refractivity contribution < 1.29 is 13.5 Å². The third kappa shape index (κ3) is 5.75. The van der Waals surface area contributed by atoms with Gasteiger partial charge in [-0.3, -0.25) is 4.40 Å². The molecule has 0 radical (unpaired) electrons. The molecule has 1 aromatic carbocycles. The third-order valence-corrected chi connectivity index (χ3v) is 3.65. The summed E-state index contributed by atoms with van der Waals surface area (Å²) in [5.41, 5.74) is 0.760. The maximum absolute atomic E-state index is 13.5. The van der Waals surface area contributed by atoms with Gasteiger partial charge in [-0.15, -0.1) is 34.2 Å². The van der Waals surface area contributed by atoms with E-state index in [1.54, 1.807) is 0 Å². The molecule has 28 heavy (non-hydrogen) atoms. The minimum Gasteiger partial charge on any atom is -0.489 e. The van der Waals surface area contributed by atoms with E-state index >= 15 is 0 Å². The van der Waals surface area contributed by atoms with Gasteiger partial charge < -0.3 is 15.4 Å². The van der Waals surface area contributed by atoms with Gasteiger partial charge in [0.15, 0.2) is 29.0 Å². The minimum absolute atomic E-state index is 0. The summed E-state index contributed by atoms with van der Waals surface area (Å²) in [5.74, 6) is -0.0642. The fourth-order valence-electron chi connectivity index (χ4n) is 2.41. The second-order valence-electron chi connectivity index (χ2n) is 5.59. The number of pyridine rings is 1. The molecule has 3 aromatic rings. The van der Waals surface area contributed by atoms with Crippen molar-refractivity contribution in [1.29, 1.82) is 0 Å². The van der Waals surface area contributed by atoms with Crippen LogP contribution in [-0.2, 0) is 6.54 Å². The first-order valence-electron chi connectivity index (χ1n) is 8.56. The van der Waals surface area contributed by atoms with Crippen molar-refractivity contribution in [2.45, 2.75) is 13.5 Å². The number of hydrogen-bond donors (Lipinski definition) is 2. The Hall–Kier alpha value is -2.50. The number of guanidine groups is 1. The molecule has 0 saturated heterocycles. The molecule has 0 aliphatic heterocycles. The molecule has 0 bridgehead atoms. The lowest BCUT2D eigenvalue weighted by atomic mass is 10.3. The van der Waals surface area contributed by atoms with E-state index in [-0.39, 0.29) is 36.3 Å². The number of nitrogens with one attached hydrogen (secondary N) is 2. The molecule has 3 rings (SSSR count). The summed E-state index contributed by atoms with van der Waals surface area (Å²) >= 11 is 0. The average molecular weight is 502 g/mol. The smallest absolute Gasteiger partial charge is 0.191 e. The molecule has 2 heterocycles. The number of hydrogen-bond acceptors (Lipinski definition) is 4. The lowest BCUT2D eigenvalue weighted by molar-refractivity contribution is 0.304. The Morgan fingerprint density at radius 2 is 2.04 bits per heavy atom. The van der Waals surface area contributed by atoms with Gasteiger partial charge in [0, 0.05) is 18.8 Å². The van der Waals surface area contributed by atoms with Gasteiger partial charge in [0.2, 0.25) is 0 Å². The summed E-state index contributed by atoms with van der Waals surface area (Å²) in [7, 11) is 0. The largest absolute Gasteiger partial charge is 0.489 e. The zero-order valence-corrected chi connectivity index (χ0v) is 17.6. The van der Waals surface area contributed by atoms with E-state index < -0.39 is 11.6 Å². The van der Waals surface area contributed by atoms with Crippen molar-refractivity contribution in [3.05, 3.63) is 60.1 Å². The van der Waals surface area contributed by atoms with Crippen molar-refractivity contribution >= 4 is 35.6 Å². The predicted molar refractivity (Wildman–Crippen MR) is 113 cm³/mol. The first kappa shape index (κ1) is 21.8. The first-order chi connectivity index (χ1) is 13.2. The highest BCUT2D eigenvalue weighted by Crippen LogP contribution is 2.17. The Kier molecular flexibility index (Phi) is 8.36. The van der Waals surface area contributed by atoms with Gasteiger partial charge in [-0.25, -0.2) is 13.8 Å². The molecule has 0 atom stereocenters. The molecule has 0 aliphatic rings. The van der Waals surface area contributed by atoms with E-state index in [9.17, 15) is 8.78 Å². The van der Waals surface area contributed by atoms with Crippen LogP contribution in [0, 0.1) is 11.6 Å². The molecule has 2 aromatic heterocycles. The number of benzene rings is 1. The number of rotatable bonds is 7. The lowest BCUT2D eigenvalue weighted by Gasteiger charge is -2.12. The molecule has 0 unspecified atom stereocenters. The maximum atomic E-state index is 13.5. The first-order valence-corrected chi connectivity index (χ1v) is 8.56. The fourth-order valence-corrected chi connectivity index (χ4v) is 2.41. The van der Waals surface area contributed by atoms with Gasteiger partial charge in [-0.1, -0.05) is 6.07 Å². The molecule has 10 heteroatoms. The standard InChI is InChI=1S/C18H20F2N6O.HI/c1-2-21-18(22-8-10-27-15-7-6-13(19)11-14(15)20)23-12-17-25-24-16-5-3-4-9-26(16)17;/h3-7,9,11H,2,8,10,12H2,1H3,(H2,21,22,23);1H. The van der Waals surface area contributed by atoms with Gasteiger partial charge >= 0.3 is 0 Å². The summed E-state index contributed by atoms with van der Waals surface area (Å²) in [6, 6.07) is 8.87. The van der Waals surface area contributed by atoms with Crippen molar-refractivity contribution in [1.82, 2.24) is 25.2 Å². The molecule has 0 spiro atoms. The van der Waals surface area contributed by atoms with Crippen LogP contribution in [0.1, 0.15) is 12.7 Å². The second kappa shape index (κ2) is 10.7. The zero-order valence-electron chi connectivity index (χ0n) is 15.2. The Morgan fingerprint density at radius 1 is 1.18 bits per heavy atom. The van der Waals surface area contributed by atoms with Crippen LogP contribution in [0.2, 0.25) is 0 Å². The Balaban J connectivity index is 0.00000280. The van der Waals surface area contributed by atoms with Gasteiger partial charge in [-0.2, -0.15) is 0 Å². The second-order valence-corrected chi connectivity index (χ2v) is 5.59. The van der Waals surface area contributed by atoms with Gasteiger partial charge in [0.25, 0.3) is 0 Å². The van der Waals surface area contributed by atoms with E-state index in [0.717, 1.165) is 17.8 Å². The molecule has 0 saturated carbocycles. The molecular weight excluding hydrogens is 481 g/mol. The Bertz CT molecular complexity index is 933.